The number of hydrogen-bond donors (Lipinski definition) is 0. The van der Waals surface area contributed by atoms with Gasteiger partial charge in [0.15, 0.2) is 0 Å². The van der Waals surface area contributed by atoms with E-state index in [0.717, 1.165) is 0 Å². The second kappa shape index (κ2) is 44.6. The predicted octanol–water partition coefficient (Wildman–Crippen LogP) is -6.53. The average Bonchev–Trinajstić information content (AvgIpc) is 1.19. The van der Waals surface area contributed by atoms with Crippen molar-refractivity contribution in [2.45, 2.75) is 0 Å². The van der Waals surface area contributed by atoms with Gasteiger partial charge in [0.1, 0.15) is 0 Å². The largest absolute Gasteiger partial charge is 3.00 e. The van der Waals surface area contributed by atoms with Gasteiger partial charge in [-0.2, -0.15) is 0 Å². The van der Waals surface area contributed by atoms with Gasteiger partial charge in [-0.25, -0.2) is 0 Å². The van der Waals surface area contributed by atoms with E-state index < -0.39 is 15.5 Å². The zero-order chi connectivity index (χ0) is 8.08. The van der Waals surface area contributed by atoms with E-state index in [9.17, 15) is 0 Å². The van der Waals surface area contributed by atoms with E-state index in [1.54, 1.807) is 0 Å². The molecule has 17 heteroatoms. The summed E-state index contributed by atoms with van der Waals surface area (Å²) < 4.78 is 34.1. The third-order valence-electron chi connectivity index (χ3n) is 0. The first kappa shape index (κ1) is 90.2. The van der Waals surface area contributed by atoms with Crippen LogP contribution in [0.1, 0.15) is 0 Å². The van der Waals surface area contributed by atoms with Crippen LogP contribution in [0.3, 0.4) is 0 Å². The molecular weight excluding hydrogens is 369 g/mol. The third kappa shape index (κ3) is 147000. The van der Waals surface area contributed by atoms with Crippen LogP contribution in [0.4, 0.5) is 0 Å². The molecule has 0 heterocycles. The smallest absolute Gasteiger partial charge is 0.759 e. The van der Waals surface area contributed by atoms with Gasteiger partial charge in [0.05, 0.1) is 5.09 Å². The molecule has 0 aromatic heterocycles. The van der Waals surface area contributed by atoms with Gasteiger partial charge in [-0.3, -0.25) is 8.42 Å². The number of nitrogens with zero attached hydrogens (tertiary/aromatic N) is 1. The molecule has 17 heavy (non-hydrogen) atoms. The fourth-order valence-corrected chi connectivity index (χ4v) is 0. The molecule has 0 amide bonds. The fraction of sp³-hybridized carbons (Fsp3) is 0. The molecule has 2 radical (unpaired) electrons. The molecule has 0 atom stereocenters. The van der Waals surface area contributed by atoms with Gasteiger partial charge >= 0.3 is 17.1 Å². The van der Waals surface area contributed by atoms with Crippen LogP contribution in [0.2, 0.25) is 0 Å². The van der Waals surface area contributed by atoms with Gasteiger partial charge in [-0.15, -0.1) is 0 Å². The van der Waals surface area contributed by atoms with E-state index in [-0.39, 0.29) is 66.7 Å². The molecule has 0 aliphatic carbocycles. The summed E-state index contributed by atoms with van der Waals surface area (Å²) >= 11 is 0. The summed E-state index contributed by atoms with van der Waals surface area (Å²) in [7, 11) is -5.17. The molecule has 0 aliphatic rings. The standard InChI is InChI=1S/Co.Fe.NO3.H2O4S.6H2O/c;;2-1(3)4;1-5(2,3)4;;;;;;/h;;;(H2,1,2,3,4);6*1H2/q;+3;-1;;;;;;;/p-2. The minimum absolute atomic E-state index is 0. The quantitative estimate of drug-likeness (QED) is 0.128. The number of rotatable bonds is 0. The van der Waals surface area contributed by atoms with Crippen LogP contribution in [0.25, 0.3) is 0 Å². The van der Waals surface area contributed by atoms with Gasteiger partial charge in [-0.05, 0) is 0 Å². The van der Waals surface area contributed by atoms with Crippen molar-refractivity contribution in [2.24, 2.45) is 0 Å². The van der Waals surface area contributed by atoms with E-state index >= 15 is 0 Å². The molecule has 0 aliphatic heterocycles. The van der Waals surface area contributed by atoms with Gasteiger partial charge in [0, 0.05) is 27.2 Å². The van der Waals surface area contributed by atoms with Crippen molar-refractivity contribution in [1.29, 1.82) is 0 Å². The van der Waals surface area contributed by atoms with Gasteiger partial charge in [0.25, 0.3) is 0 Å². The van der Waals surface area contributed by atoms with E-state index in [0.29, 0.717) is 0 Å². The Bertz CT molecular complexity index is 164. The van der Waals surface area contributed by atoms with Crippen LogP contribution in [-0.4, -0.2) is 55.5 Å². The maximum Gasteiger partial charge on any atom is 3.00 e. The maximum absolute atomic E-state index is 8.52. The van der Waals surface area contributed by atoms with Crippen LogP contribution in [-0.2, 0) is 44.2 Å². The molecule has 0 aromatic rings. The van der Waals surface area contributed by atoms with Crippen molar-refractivity contribution >= 4 is 10.4 Å². The summed E-state index contributed by atoms with van der Waals surface area (Å²) in [5, 5.41) is 14.8. The maximum atomic E-state index is 8.52. The van der Waals surface area contributed by atoms with Crippen molar-refractivity contribution in [2.75, 3.05) is 0 Å². The van der Waals surface area contributed by atoms with Crippen LogP contribution in [0.15, 0.2) is 0 Å². The first-order chi connectivity index (χ1) is 3.73. The zero-order valence-corrected chi connectivity index (χ0v) is 10.4. The molecule has 0 spiro atoms. The molecule has 14 nitrogen and oxygen atoms in total. The van der Waals surface area contributed by atoms with Crippen molar-refractivity contribution in [3.05, 3.63) is 15.3 Å². The van der Waals surface area contributed by atoms with Crippen LogP contribution >= 0.6 is 0 Å². The second-order valence-corrected chi connectivity index (χ2v) is 1.45. The van der Waals surface area contributed by atoms with E-state index in [4.69, 9.17) is 32.8 Å². The predicted molar refractivity (Wildman–Crippen MR) is 42.5 cm³/mol. The van der Waals surface area contributed by atoms with Crippen LogP contribution in [0.5, 0.6) is 0 Å². The summed E-state index contributed by atoms with van der Waals surface area (Å²) in [6, 6.07) is 0. The van der Waals surface area contributed by atoms with Crippen LogP contribution in [0, 0.1) is 15.3 Å². The molecule has 0 aromatic carbocycles. The normalized spacial score (nSPS) is 4.82. The molecule has 0 saturated heterocycles. The average molecular weight is 381 g/mol. The Hall–Kier alpha value is -0.144. The number of hydrogen-bond acceptors (Lipinski definition) is 7. The Kier molecular flexibility index (Phi) is 237. The topological polar surface area (TPSA) is 335 Å². The fourth-order valence-electron chi connectivity index (χ4n) is 0. The van der Waals surface area contributed by atoms with Gasteiger partial charge in [0.2, 0.25) is 0 Å². The minimum atomic E-state index is -5.17. The summed E-state index contributed by atoms with van der Waals surface area (Å²) in [6.07, 6.45) is 0. The molecular formula is H12CoFeNO13S. The molecule has 12 N–H and O–H groups in total. The van der Waals surface area contributed by atoms with Gasteiger partial charge < -0.3 is 57.3 Å². The summed E-state index contributed by atoms with van der Waals surface area (Å²) in [5.74, 6) is 0. The molecule has 0 unspecified atom stereocenters. The van der Waals surface area contributed by atoms with Crippen molar-refractivity contribution in [3.8, 4) is 0 Å². The third-order valence-corrected chi connectivity index (χ3v) is 0. The summed E-state index contributed by atoms with van der Waals surface area (Å²) in [4.78, 5) is 8.25. The van der Waals surface area contributed by atoms with Gasteiger partial charge in [-0.1, -0.05) is 0 Å². The molecule has 0 fully saturated rings. The van der Waals surface area contributed by atoms with E-state index in [1.165, 1.54) is 0 Å². The van der Waals surface area contributed by atoms with Crippen LogP contribution < -0.4 is 0 Å². The summed E-state index contributed by atoms with van der Waals surface area (Å²) in [6.45, 7) is 0. The molecule has 0 bridgehead atoms. The van der Waals surface area contributed by atoms with Crippen molar-refractivity contribution in [3.63, 3.8) is 0 Å². The van der Waals surface area contributed by atoms with E-state index in [1.807, 2.05) is 0 Å². The summed E-state index contributed by atoms with van der Waals surface area (Å²) in [5.41, 5.74) is 0. The Balaban J connectivity index is -0.00000000494. The Morgan fingerprint density at radius 3 is 0.765 bits per heavy atom. The first-order valence-corrected chi connectivity index (χ1v) is 2.55. The molecule has 0 saturated carbocycles. The zero-order valence-electron chi connectivity index (χ0n) is 7.40. The molecule has 0 rings (SSSR count). The Morgan fingerprint density at radius 2 is 0.765 bits per heavy atom. The second-order valence-electron chi connectivity index (χ2n) is 0.632. The Morgan fingerprint density at radius 1 is 0.765 bits per heavy atom. The monoisotopic (exact) mass is 381 g/mol. The van der Waals surface area contributed by atoms with Crippen molar-refractivity contribution < 1.29 is 89.3 Å². The first-order valence-electron chi connectivity index (χ1n) is 1.21. The minimum Gasteiger partial charge on any atom is -0.759 e. The Labute approximate surface area is 115 Å². The van der Waals surface area contributed by atoms with Crippen molar-refractivity contribution in [1.82, 2.24) is 0 Å². The molecule has 118 valence electrons. The SMILES string of the molecule is O.O.O.O.O.O.O=S(=O)([O-])[O-].O=[N+]([O-])[O-].[Co].[Fe+3]. The van der Waals surface area contributed by atoms with E-state index in [2.05, 4.69) is 0 Å².